The van der Waals surface area contributed by atoms with Crippen LogP contribution in [0.1, 0.15) is 5.56 Å². The van der Waals surface area contributed by atoms with Crippen molar-refractivity contribution in [3.8, 4) is 0 Å². The first-order valence-corrected chi connectivity index (χ1v) is 8.28. The van der Waals surface area contributed by atoms with E-state index in [2.05, 4.69) is 23.5 Å². The molecule has 0 bridgehead atoms. The number of benzene rings is 3. The number of halogens is 1. The van der Waals surface area contributed by atoms with Crippen molar-refractivity contribution in [2.75, 3.05) is 11.1 Å². The fourth-order valence-electron chi connectivity index (χ4n) is 2.32. The van der Waals surface area contributed by atoms with Gasteiger partial charge in [0.05, 0.1) is 5.75 Å². The largest absolute Gasteiger partial charge is 0.325 e. The fourth-order valence-corrected chi connectivity index (χ4v) is 3.07. The number of rotatable bonds is 4. The van der Waals surface area contributed by atoms with Gasteiger partial charge in [-0.2, -0.15) is 0 Å². The molecule has 0 aliphatic carbocycles. The number of nitrogens with one attached hydrogen (secondary N) is 1. The molecule has 3 aromatic rings. The number of carbonyl (C=O) groups excluding carboxylic acids is 1. The second kappa shape index (κ2) is 6.84. The highest BCUT2D eigenvalue weighted by Gasteiger charge is 2.07. The number of amides is 1. The molecule has 0 radical (unpaired) electrons. The van der Waals surface area contributed by atoms with Gasteiger partial charge in [-0.05, 0) is 47.5 Å². The molecule has 0 saturated carbocycles. The zero-order valence-corrected chi connectivity index (χ0v) is 13.5. The fraction of sp³-hybridized carbons (Fsp3) is 0.105. The van der Waals surface area contributed by atoms with E-state index in [1.807, 2.05) is 31.2 Å². The molecule has 0 saturated heterocycles. The Morgan fingerprint density at radius 2 is 1.83 bits per heavy atom. The van der Waals surface area contributed by atoms with E-state index < -0.39 is 0 Å². The van der Waals surface area contributed by atoms with Crippen molar-refractivity contribution in [1.82, 2.24) is 0 Å². The number of anilines is 1. The van der Waals surface area contributed by atoms with E-state index in [4.69, 9.17) is 0 Å². The first-order chi connectivity index (χ1) is 11.1. The van der Waals surface area contributed by atoms with E-state index in [-0.39, 0.29) is 17.5 Å². The Kier molecular flexibility index (Phi) is 4.63. The van der Waals surface area contributed by atoms with Gasteiger partial charge in [0, 0.05) is 10.6 Å². The monoisotopic (exact) mass is 325 g/mol. The van der Waals surface area contributed by atoms with Crippen LogP contribution in [0.4, 0.5) is 10.1 Å². The topological polar surface area (TPSA) is 29.1 Å². The summed E-state index contributed by atoms with van der Waals surface area (Å²) in [6, 6.07) is 18.6. The van der Waals surface area contributed by atoms with Crippen LogP contribution in [0.3, 0.4) is 0 Å². The molecule has 2 nitrogen and oxygen atoms in total. The zero-order valence-electron chi connectivity index (χ0n) is 12.7. The Bertz CT molecular complexity index is 863. The normalized spacial score (nSPS) is 10.7. The van der Waals surface area contributed by atoms with Gasteiger partial charge in [-0.15, -0.1) is 11.8 Å². The smallest absolute Gasteiger partial charge is 0.234 e. The van der Waals surface area contributed by atoms with Gasteiger partial charge in [-0.1, -0.05) is 36.4 Å². The van der Waals surface area contributed by atoms with Crippen molar-refractivity contribution >= 4 is 34.1 Å². The van der Waals surface area contributed by atoms with Gasteiger partial charge in [0.1, 0.15) is 5.82 Å². The predicted octanol–water partition coefficient (Wildman–Crippen LogP) is 5.02. The van der Waals surface area contributed by atoms with E-state index in [0.717, 1.165) is 15.8 Å². The molecular formula is C19H16FNOS. The molecule has 0 unspecified atom stereocenters. The van der Waals surface area contributed by atoms with Crippen LogP contribution in [-0.4, -0.2) is 11.7 Å². The number of hydrogen-bond donors (Lipinski definition) is 1. The third kappa shape index (κ3) is 3.90. The summed E-state index contributed by atoms with van der Waals surface area (Å²) in [6.07, 6.45) is 0. The average Bonchev–Trinajstić information content (AvgIpc) is 2.56. The number of aryl methyl sites for hydroxylation is 1. The summed E-state index contributed by atoms with van der Waals surface area (Å²) in [6.45, 7) is 1.84. The molecule has 1 amide bonds. The van der Waals surface area contributed by atoms with E-state index in [1.54, 1.807) is 6.07 Å². The molecule has 1 N–H and O–H groups in total. The molecule has 0 aliphatic rings. The highest BCUT2D eigenvalue weighted by molar-refractivity contribution is 8.00. The lowest BCUT2D eigenvalue weighted by molar-refractivity contribution is -0.113. The highest BCUT2D eigenvalue weighted by Crippen LogP contribution is 2.24. The number of carbonyl (C=O) groups is 1. The number of fused-ring (bicyclic) bond motifs is 1. The molecule has 0 spiro atoms. The standard InChI is InChI=1S/C19H16FNOS/c1-13-6-8-16(20)11-18(13)21-19(22)12-23-17-9-7-14-4-2-3-5-15(14)10-17/h2-11H,12H2,1H3,(H,21,22). The Labute approximate surface area is 138 Å². The van der Waals surface area contributed by atoms with Crippen LogP contribution in [0.15, 0.2) is 65.6 Å². The predicted molar refractivity (Wildman–Crippen MR) is 94.4 cm³/mol. The molecule has 3 rings (SSSR count). The second-order valence-electron chi connectivity index (χ2n) is 5.31. The lowest BCUT2D eigenvalue weighted by Gasteiger charge is -2.08. The van der Waals surface area contributed by atoms with Gasteiger partial charge < -0.3 is 5.32 Å². The summed E-state index contributed by atoms with van der Waals surface area (Å²) < 4.78 is 13.2. The van der Waals surface area contributed by atoms with E-state index in [9.17, 15) is 9.18 Å². The second-order valence-corrected chi connectivity index (χ2v) is 6.35. The Hall–Kier alpha value is -2.33. The van der Waals surface area contributed by atoms with E-state index >= 15 is 0 Å². The summed E-state index contributed by atoms with van der Waals surface area (Å²) in [5.74, 6) is -0.209. The van der Waals surface area contributed by atoms with Gasteiger partial charge in [0.2, 0.25) is 5.91 Å². The van der Waals surface area contributed by atoms with Crippen LogP contribution < -0.4 is 5.32 Å². The molecule has 3 aromatic carbocycles. The van der Waals surface area contributed by atoms with Crippen molar-refractivity contribution in [3.05, 3.63) is 72.0 Å². The minimum atomic E-state index is -0.354. The van der Waals surface area contributed by atoms with Gasteiger partial charge in [0.15, 0.2) is 0 Å². The zero-order chi connectivity index (χ0) is 16.2. The first-order valence-electron chi connectivity index (χ1n) is 7.29. The summed E-state index contributed by atoms with van der Waals surface area (Å²) in [7, 11) is 0. The van der Waals surface area contributed by atoms with Crippen molar-refractivity contribution < 1.29 is 9.18 Å². The quantitative estimate of drug-likeness (QED) is 0.683. The summed E-state index contributed by atoms with van der Waals surface area (Å²) in [5.41, 5.74) is 1.37. The Morgan fingerprint density at radius 3 is 2.65 bits per heavy atom. The van der Waals surface area contributed by atoms with Crippen LogP contribution in [0, 0.1) is 12.7 Å². The van der Waals surface area contributed by atoms with E-state index in [0.29, 0.717) is 5.69 Å². The molecule has 0 heterocycles. The van der Waals surface area contributed by atoms with E-state index in [1.165, 1.54) is 29.3 Å². The number of hydrogen-bond acceptors (Lipinski definition) is 2. The molecule has 116 valence electrons. The van der Waals surface area contributed by atoms with Crippen LogP contribution in [0.2, 0.25) is 0 Å². The molecule has 4 heteroatoms. The first kappa shape index (κ1) is 15.6. The molecule has 23 heavy (non-hydrogen) atoms. The SMILES string of the molecule is Cc1ccc(F)cc1NC(=O)CSc1ccc2ccccc2c1. The maximum absolute atomic E-state index is 13.2. The van der Waals surface area contributed by atoms with Crippen molar-refractivity contribution in [3.63, 3.8) is 0 Å². The minimum Gasteiger partial charge on any atom is -0.325 e. The van der Waals surface area contributed by atoms with Crippen LogP contribution >= 0.6 is 11.8 Å². The summed E-state index contributed by atoms with van der Waals surface area (Å²) >= 11 is 1.47. The molecule has 0 fully saturated rings. The van der Waals surface area contributed by atoms with Gasteiger partial charge >= 0.3 is 0 Å². The third-order valence-electron chi connectivity index (χ3n) is 3.56. The van der Waals surface area contributed by atoms with Gasteiger partial charge in [0.25, 0.3) is 0 Å². The summed E-state index contributed by atoms with van der Waals surface area (Å²) in [5, 5.41) is 5.09. The third-order valence-corrected chi connectivity index (χ3v) is 4.56. The lowest BCUT2D eigenvalue weighted by atomic mass is 10.1. The van der Waals surface area contributed by atoms with Gasteiger partial charge in [-0.25, -0.2) is 4.39 Å². The average molecular weight is 325 g/mol. The van der Waals surface area contributed by atoms with Gasteiger partial charge in [-0.3, -0.25) is 4.79 Å². The van der Waals surface area contributed by atoms with Crippen LogP contribution in [0.5, 0.6) is 0 Å². The van der Waals surface area contributed by atoms with Crippen LogP contribution in [0.25, 0.3) is 10.8 Å². The highest BCUT2D eigenvalue weighted by atomic mass is 32.2. The minimum absolute atomic E-state index is 0.142. The Balaban J connectivity index is 1.64. The summed E-state index contributed by atoms with van der Waals surface area (Å²) in [4.78, 5) is 13.1. The molecule has 0 atom stereocenters. The molecular weight excluding hydrogens is 309 g/mol. The Morgan fingerprint density at radius 1 is 1.04 bits per heavy atom. The van der Waals surface area contributed by atoms with Crippen molar-refractivity contribution in [2.24, 2.45) is 0 Å². The van der Waals surface area contributed by atoms with Crippen LogP contribution in [-0.2, 0) is 4.79 Å². The number of thioether (sulfide) groups is 1. The molecule has 0 aliphatic heterocycles. The molecule has 0 aromatic heterocycles. The van der Waals surface area contributed by atoms with Crippen molar-refractivity contribution in [1.29, 1.82) is 0 Å². The lowest BCUT2D eigenvalue weighted by Crippen LogP contribution is -2.14. The maximum Gasteiger partial charge on any atom is 0.234 e. The maximum atomic E-state index is 13.2. The van der Waals surface area contributed by atoms with Crippen molar-refractivity contribution in [2.45, 2.75) is 11.8 Å².